The predicted molar refractivity (Wildman–Crippen MR) is 40.0 cm³/mol. The molecule has 0 heterocycles. The van der Waals surface area contributed by atoms with Gasteiger partial charge in [-0.25, -0.2) is 0 Å². The Morgan fingerprint density at radius 2 is 2.11 bits per heavy atom. The molecule has 0 unspecified atom stereocenters. The van der Waals surface area contributed by atoms with Gasteiger partial charge in [0.25, 0.3) is 0 Å². The minimum absolute atomic E-state index is 0.410. The molecule has 0 rings (SSSR count). The summed E-state index contributed by atoms with van der Waals surface area (Å²) < 4.78 is 0. The number of nitrogens with zero attached hydrogens (tertiary/aromatic N) is 1. The highest BCUT2D eigenvalue weighted by Gasteiger charge is 1.82. The molecule has 0 spiro atoms. The van der Waals surface area contributed by atoms with Crippen LogP contribution in [0.5, 0.6) is 0 Å². The number of rotatable bonds is 2. The lowest BCUT2D eigenvalue weighted by molar-refractivity contribution is 1.38. The smallest absolute Gasteiger partial charge is 0.119 e. The number of aliphatic imine (C=N–C) groups is 1. The Hall–Kier alpha value is -1.25. The summed E-state index contributed by atoms with van der Waals surface area (Å²) >= 11 is 0. The molecule has 0 amide bonds. The zero-order chi connectivity index (χ0) is 7.28. The minimum atomic E-state index is 0.410. The van der Waals surface area contributed by atoms with Crippen LogP contribution in [-0.4, -0.2) is 12.9 Å². The molecule has 3 heteroatoms. The fourth-order valence-corrected chi connectivity index (χ4v) is 0.294. The molecule has 0 bridgehead atoms. The first kappa shape index (κ1) is 7.75. The predicted octanol–water partition coefficient (Wildman–Crippen LogP) is 0.00200. The topological polar surface area (TPSA) is 64.4 Å². The Labute approximate surface area is 54.8 Å². The maximum atomic E-state index is 5.33. The van der Waals surface area contributed by atoms with Crippen molar-refractivity contribution >= 4 is 5.84 Å². The monoisotopic (exact) mass is 125 g/mol. The van der Waals surface area contributed by atoms with Gasteiger partial charge in [-0.3, -0.25) is 4.99 Å². The van der Waals surface area contributed by atoms with E-state index in [4.69, 9.17) is 11.5 Å². The summed E-state index contributed by atoms with van der Waals surface area (Å²) in [6, 6.07) is 0. The van der Waals surface area contributed by atoms with Crippen LogP contribution in [0.25, 0.3) is 0 Å². The Bertz CT molecular complexity index is 156. The van der Waals surface area contributed by atoms with Crippen LogP contribution in [0.15, 0.2) is 29.4 Å². The van der Waals surface area contributed by atoms with Crippen molar-refractivity contribution in [2.24, 2.45) is 16.5 Å². The van der Waals surface area contributed by atoms with Crippen molar-refractivity contribution < 1.29 is 0 Å². The lowest BCUT2D eigenvalue weighted by Crippen LogP contribution is -2.10. The number of nitrogens with two attached hydrogens (primary N) is 2. The highest BCUT2D eigenvalue weighted by Crippen LogP contribution is 1.82. The molecule has 0 saturated heterocycles. The first-order valence-corrected chi connectivity index (χ1v) is 2.52. The number of hydrogen-bond donors (Lipinski definition) is 2. The molecule has 0 atom stereocenters. The van der Waals surface area contributed by atoms with E-state index in [9.17, 15) is 0 Å². The molecule has 50 valence electrons. The van der Waals surface area contributed by atoms with Crippen LogP contribution in [0, 0.1) is 0 Å². The van der Waals surface area contributed by atoms with Crippen LogP contribution in [-0.2, 0) is 0 Å². The third kappa shape index (κ3) is 3.34. The van der Waals surface area contributed by atoms with E-state index in [1.54, 1.807) is 13.1 Å². The molecule has 9 heavy (non-hydrogen) atoms. The number of amidine groups is 1. The number of hydrogen-bond acceptors (Lipinski definition) is 2. The van der Waals surface area contributed by atoms with Crippen LogP contribution in [0.2, 0.25) is 0 Å². The van der Waals surface area contributed by atoms with Gasteiger partial charge in [-0.15, -0.1) is 0 Å². The summed E-state index contributed by atoms with van der Waals surface area (Å²) in [6.45, 7) is 3.44. The summed E-state index contributed by atoms with van der Waals surface area (Å²) in [6.07, 6.45) is 3.06. The van der Waals surface area contributed by atoms with Gasteiger partial charge in [0.1, 0.15) is 5.84 Å². The van der Waals surface area contributed by atoms with E-state index in [2.05, 4.69) is 11.6 Å². The van der Waals surface area contributed by atoms with E-state index < -0.39 is 0 Å². The molecule has 0 aromatic carbocycles. The standard InChI is InChI=1S/C6H11N3/c1-3-5(7)4-6(8)9-2/h3-4H,1,7H2,2H3,(H2,8,9). The highest BCUT2D eigenvalue weighted by molar-refractivity contribution is 5.92. The Morgan fingerprint density at radius 3 is 2.44 bits per heavy atom. The largest absolute Gasteiger partial charge is 0.399 e. The molecule has 4 N–H and O–H groups in total. The molecule has 0 aliphatic carbocycles. The van der Waals surface area contributed by atoms with Gasteiger partial charge in [0, 0.05) is 18.8 Å². The fourth-order valence-electron chi connectivity index (χ4n) is 0.294. The summed E-state index contributed by atoms with van der Waals surface area (Å²) in [5, 5.41) is 0. The summed E-state index contributed by atoms with van der Waals surface area (Å²) in [4.78, 5) is 3.67. The van der Waals surface area contributed by atoms with Crippen molar-refractivity contribution in [2.45, 2.75) is 0 Å². The van der Waals surface area contributed by atoms with Crippen molar-refractivity contribution in [3.8, 4) is 0 Å². The third-order valence-corrected chi connectivity index (χ3v) is 0.808. The quantitative estimate of drug-likeness (QED) is 0.310. The Morgan fingerprint density at radius 1 is 1.56 bits per heavy atom. The average molecular weight is 125 g/mol. The van der Waals surface area contributed by atoms with Crippen LogP contribution in [0.1, 0.15) is 0 Å². The van der Waals surface area contributed by atoms with E-state index in [1.807, 2.05) is 0 Å². The van der Waals surface area contributed by atoms with E-state index in [0.29, 0.717) is 11.5 Å². The van der Waals surface area contributed by atoms with Crippen molar-refractivity contribution in [2.75, 3.05) is 7.05 Å². The van der Waals surface area contributed by atoms with E-state index in [0.717, 1.165) is 0 Å². The summed E-state index contributed by atoms with van der Waals surface area (Å²) in [5.74, 6) is 0.410. The van der Waals surface area contributed by atoms with Crippen LogP contribution in [0.3, 0.4) is 0 Å². The minimum Gasteiger partial charge on any atom is -0.399 e. The Kier molecular flexibility index (Phi) is 3.20. The van der Waals surface area contributed by atoms with Gasteiger partial charge < -0.3 is 11.5 Å². The maximum absolute atomic E-state index is 5.33. The second-order valence-corrected chi connectivity index (χ2v) is 1.50. The molecule has 0 fully saturated rings. The van der Waals surface area contributed by atoms with Gasteiger partial charge in [0.2, 0.25) is 0 Å². The SMILES string of the molecule is C=CC(N)=CC(N)=NC. The van der Waals surface area contributed by atoms with E-state index >= 15 is 0 Å². The van der Waals surface area contributed by atoms with Gasteiger partial charge in [-0.2, -0.15) is 0 Å². The number of allylic oxidation sites excluding steroid dienone is 1. The van der Waals surface area contributed by atoms with Gasteiger partial charge in [-0.05, 0) is 6.08 Å². The fraction of sp³-hybridized carbons (Fsp3) is 0.167. The zero-order valence-electron chi connectivity index (χ0n) is 5.46. The lowest BCUT2D eigenvalue weighted by Gasteiger charge is -1.90. The second kappa shape index (κ2) is 3.72. The highest BCUT2D eigenvalue weighted by atomic mass is 14.8. The molecule has 0 aromatic rings. The normalized spacial score (nSPS) is 13.4. The van der Waals surface area contributed by atoms with Gasteiger partial charge in [-0.1, -0.05) is 6.58 Å². The van der Waals surface area contributed by atoms with Crippen molar-refractivity contribution in [1.82, 2.24) is 0 Å². The molecular weight excluding hydrogens is 114 g/mol. The van der Waals surface area contributed by atoms with Gasteiger partial charge in [0.15, 0.2) is 0 Å². The van der Waals surface area contributed by atoms with Crippen LogP contribution < -0.4 is 11.5 Å². The lowest BCUT2D eigenvalue weighted by atomic mass is 10.4. The average Bonchev–Trinajstić information content (AvgIpc) is 1.87. The molecule has 0 aliphatic rings. The second-order valence-electron chi connectivity index (χ2n) is 1.50. The summed E-state index contributed by atoms with van der Waals surface area (Å²) in [7, 11) is 1.60. The summed E-state index contributed by atoms with van der Waals surface area (Å²) in [5.41, 5.74) is 11.2. The van der Waals surface area contributed by atoms with E-state index in [1.165, 1.54) is 6.08 Å². The maximum Gasteiger partial charge on any atom is 0.119 e. The van der Waals surface area contributed by atoms with Gasteiger partial charge in [0.05, 0.1) is 0 Å². The molecule has 0 aromatic heterocycles. The molecule has 3 nitrogen and oxygen atoms in total. The van der Waals surface area contributed by atoms with Crippen LogP contribution in [0.4, 0.5) is 0 Å². The van der Waals surface area contributed by atoms with Crippen molar-refractivity contribution in [1.29, 1.82) is 0 Å². The first-order chi connectivity index (χ1) is 4.20. The molecule has 0 aliphatic heterocycles. The molecular formula is C6H11N3. The van der Waals surface area contributed by atoms with Crippen molar-refractivity contribution in [3.05, 3.63) is 24.4 Å². The Balaban J connectivity index is 4.11. The molecule has 0 saturated carbocycles. The first-order valence-electron chi connectivity index (χ1n) is 2.52. The van der Waals surface area contributed by atoms with Crippen molar-refractivity contribution in [3.63, 3.8) is 0 Å². The molecule has 0 radical (unpaired) electrons. The van der Waals surface area contributed by atoms with Crippen LogP contribution >= 0.6 is 0 Å². The van der Waals surface area contributed by atoms with Gasteiger partial charge >= 0.3 is 0 Å². The zero-order valence-corrected chi connectivity index (χ0v) is 5.46. The third-order valence-electron chi connectivity index (χ3n) is 0.808. The van der Waals surface area contributed by atoms with E-state index in [-0.39, 0.29) is 0 Å².